The van der Waals surface area contributed by atoms with Crippen molar-refractivity contribution in [1.82, 2.24) is 15.1 Å². The first-order chi connectivity index (χ1) is 9.36. The van der Waals surface area contributed by atoms with E-state index >= 15 is 0 Å². The van der Waals surface area contributed by atoms with Crippen LogP contribution in [0.5, 0.6) is 0 Å². The SMILES string of the molecule is Cc1csc(C(=O)NCCn2ccc(C(F)(F)F)n2)c1. The van der Waals surface area contributed by atoms with Gasteiger partial charge >= 0.3 is 6.18 Å². The zero-order valence-electron chi connectivity index (χ0n) is 10.6. The number of nitrogens with one attached hydrogen (secondary N) is 1. The molecule has 0 aliphatic carbocycles. The van der Waals surface area contributed by atoms with Crippen molar-refractivity contribution < 1.29 is 18.0 Å². The van der Waals surface area contributed by atoms with E-state index in [2.05, 4.69) is 10.4 Å². The van der Waals surface area contributed by atoms with Gasteiger partial charge in [0.15, 0.2) is 5.69 Å². The van der Waals surface area contributed by atoms with Gasteiger partial charge < -0.3 is 5.32 Å². The minimum Gasteiger partial charge on any atom is -0.349 e. The monoisotopic (exact) mass is 303 g/mol. The number of aryl methyl sites for hydroxylation is 1. The van der Waals surface area contributed by atoms with Crippen molar-refractivity contribution in [2.75, 3.05) is 6.54 Å². The second-order valence-corrected chi connectivity index (χ2v) is 5.12. The molecule has 8 heteroatoms. The molecule has 0 saturated carbocycles. The fraction of sp³-hybridized carbons (Fsp3) is 0.333. The predicted octanol–water partition coefficient (Wildman–Crippen LogP) is 2.70. The van der Waals surface area contributed by atoms with Gasteiger partial charge in [0, 0.05) is 12.7 Å². The van der Waals surface area contributed by atoms with Crippen LogP contribution in [0.1, 0.15) is 20.9 Å². The van der Waals surface area contributed by atoms with Crippen molar-refractivity contribution in [3.63, 3.8) is 0 Å². The summed E-state index contributed by atoms with van der Waals surface area (Å²) in [5, 5.41) is 7.90. The number of nitrogens with zero attached hydrogens (tertiary/aromatic N) is 2. The first-order valence-corrected chi connectivity index (χ1v) is 6.68. The van der Waals surface area contributed by atoms with Crippen LogP contribution in [-0.4, -0.2) is 22.2 Å². The van der Waals surface area contributed by atoms with Crippen molar-refractivity contribution in [3.8, 4) is 0 Å². The summed E-state index contributed by atoms with van der Waals surface area (Å²) in [4.78, 5) is 12.3. The number of halogens is 3. The number of alkyl halides is 3. The van der Waals surface area contributed by atoms with Gasteiger partial charge in [-0.25, -0.2) is 0 Å². The topological polar surface area (TPSA) is 46.9 Å². The predicted molar refractivity (Wildman–Crippen MR) is 68.6 cm³/mol. The molecule has 2 aromatic heterocycles. The largest absolute Gasteiger partial charge is 0.435 e. The van der Waals surface area contributed by atoms with E-state index in [1.807, 2.05) is 12.3 Å². The molecule has 2 aromatic rings. The highest BCUT2D eigenvalue weighted by Crippen LogP contribution is 2.27. The third kappa shape index (κ3) is 3.60. The van der Waals surface area contributed by atoms with E-state index in [-0.39, 0.29) is 19.0 Å². The Hall–Kier alpha value is -1.83. The van der Waals surface area contributed by atoms with E-state index in [9.17, 15) is 18.0 Å². The fourth-order valence-corrected chi connectivity index (χ4v) is 2.37. The van der Waals surface area contributed by atoms with Gasteiger partial charge in [-0.05, 0) is 30.0 Å². The molecule has 0 bridgehead atoms. The lowest BCUT2D eigenvalue weighted by Gasteiger charge is -2.04. The lowest BCUT2D eigenvalue weighted by atomic mass is 10.3. The molecule has 0 aromatic carbocycles. The number of hydrogen-bond acceptors (Lipinski definition) is 3. The number of hydrogen-bond donors (Lipinski definition) is 1. The highest BCUT2D eigenvalue weighted by atomic mass is 32.1. The van der Waals surface area contributed by atoms with Crippen molar-refractivity contribution in [3.05, 3.63) is 39.8 Å². The van der Waals surface area contributed by atoms with Crippen LogP contribution in [0.3, 0.4) is 0 Å². The van der Waals surface area contributed by atoms with Crippen LogP contribution in [-0.2, 0) is 12.7 Å². The van der Waals surface area contributed by atoms with Gasteiger partial charge in [0.05, 0.1) is 11.4 Å². The highest BCUT2D eigenvalue weighted by Gasteiger charge is 2.33. The van der Waals surface area contributed by atoms with E-state index in [4.69, 9.17) is 0 Å². The van der Waals surface area contributed by atoms with Crippen LogP contribution in [0.15, 0.2) is 23.7 Å². The summed E-state index contributed by atoms with van der Waals surface area (Å²) in [6.07, 6.45) is -3.20. The molecule has 1 N–H and O–H groups in total. The molecule has 0 aliphatic rings. The molecule has 1 amide bonds. The highest BCUT2D eigenvalue weighted by molar-refractivity contribution is 7.12. The summed E-state index contributed by atoms with van der Waals surface area (Å²) >= 11 is 1.33. The fourth-order valence-electron chi connectivity index (χ4n) is 1.56. The third-order valence-corrected chi connectivity index (χ3v) is 3.56. The van der Waals surface area contributed by atoms with E-state index in [0.717, 1.165) is 16.3 Å². The maximum absolute atomic E-state index is 12.3. The Kier molecular flexibility index (Phi) is 4.12. The molecule has 2 heterocycles. The Balaban J connectivity index is 1.84. The molecule has 108 valence electrons. The van der Waals surface area contributed by atoms with Crippen LogP contribution in [0, 0.1) is 6.92 Å². The molecule has 0 radical (unpaired) electrons. The summed E-state index contributed by atoms with van der Waals surface area (Å²) in [6.45, 7) is 2.29. The van der Waals surface area contributed by atoms with E-state index in [1.165, 1.54) is 17.5 Å². The summed E-state index contributed by atoms with van der Waals surface area (Å²) in [6, 6.07) is 2.67. The molecule has 0 saturated heterocycles. The molecular weight excluding hydrogens is 291 g/mol. The molecular formula is C12H12F3N3OS. The van der Waals surface area contributed by atoms with Crippen molar-refractivity contribution in [2.45, 2.75) is 19.6 Å². The second kappa shape index (κ2) is 5.66. The van der Waals surface area contributed by atoms with Gasteiger partial charge in [-0.15, -0.1) is 11.3 Å². The van der Waals surface area contributed by atoms with Gasteiger partial charge in [-0.2, -0.15) is 18.3 Å². The Morgan fingerprint density at radius 2 is 2.25 bits per heavy atom. The number of amides is 1. The zero-order valence-corrected chi connectivity index (χ0v) is 11.4. The maximum atomic E-state index is 12.3. The Morgan fingerprint density at radius 3 is 2.80 bits per heavy atom. The third-order valence-electron chi connectivity index (χ3n) is 2.51. The summed E-state index contributed by atoms with van der Waals surface area (Å²) in [5.74, 6) is -0.230. The summed E-state index contributed by atoms with van der Waals surface area (Å²) < 4.78 is 38.1. The standard InChI is InChI=1S/C12H12F3N3OS/c1-8-6-9(20-7-8)11(19)16-3-5-18-4-2-10(17-18)12(13,14)15/h2,4,6-7H,3,5H2,1H3,(H,16,19). The lowest BCUT2D eigenvalue weighted by molar-refractivity contribution is -0.141. The molecule has 0 fully saturated rings. The average Bonchev–Trinajstić information content (AvgIpc) is 2.97. The van der Waals surface area contributed by atoms with Gasteiger partial charge in [-0.1, -0.05) is 0 Å². The number of carbonyl (C=O) groups is 1. The van der Waals surface area contributed by atoms with Crippen LogP contribution >= 0.6 is 11.3 Å². The second-order valence-electron chi connectivity index (χ2n) is 4.21. The Bertz CT molecular complexity index is 603. The van der Waals surface area contributed by atoms with Crippen molar-refractivity contribution in [2.24, 2.45) is 0 Å². The van der Waals surface area contributed by atoms with Gasteiger partial charge in [-0.3, -0.25) is 9.48 Å². The Morgan fingerprint density at radius 1 is 1.50 bits per heavy atom. The number of thiophene rings is 1. The zero-order chi connectivity index (χ0) is 14.8. The average molecular weight is 303 g/mol. The number of carbonyl (C=O) groups excluding carboxylic acids is 1. The number of rotatable bonds is 4. The van der Waals surface area contributed by atoms with Gasteiger partial charge in [0.2, 0.25) is 0 Å². The van der Waals surface area contributed by atoms with Crippen LogP contribution in [0.2, 0.25) is 0 Å². The molecule has 2 rings (SSSR count). The first kappa shape index (κ1) is 14.6. The molecule has 0 atom stereocenters. The van der Waals surface area contributed by atoms with Crippen LogP contribution < -0.4 is 5.32 Å². The normalized spacial score (nSPS) is 11.6. The Labute approximate surface area is 117 Å². The van der Waals surface area contributed by atoms with Crippen LogP contribution in [0.25, 0.3) is 0 Å². The van der Waals surface area contributed by atoms with E-state index in [1.54, 1.807) is 6.07 Å². The summed E-state index contributed by atoms with van der Waals surface area (Å²) in [7, 11) is 0. The molecule has 4 nitrogen and oxygen atoms in total. The minimum atomic E-state index is -4.44. The van der Waals surface area contributed by atoms with Crippen molar-refractivity contribution in [1.29, 1.82) is 0 Å². The minimum absolute atomic E-state index is 0.187. The van der Waals surface area contributed by atoms with Crippen molar-refractivity contribution >= 4 is 17.2 Å². The van der Waals surface area contributed by atoms with Crippen LogP contribution in [0.4, 0.5) is 13.2 Å². The van der Waals surface area contributed by atoms with E-state index < -0.39 is 11.9 Å². The first-order valence-electron chi connectivity index (χ1n) is 5.80. The molecule has 20 heavy (non-hydrogen) atoms. The molecule has 0 spiro atoms. The summed E-state index contributed by atoms with van der Waals surface area (Å²) in [5.41, 5.74) is 0.0692. The molecule has 0 aliphatic heterocycles. The lowest BCUT2D eigenvalue weighted by Crippen LogP contribution is -2.26. The quantitative estimate of drug-likeness (QED) is 0.944. The number of aromatic nitrogens is 2. The smallest absolute Gasteiger partial charge is 0.349 e. The molecule has 0 unspecified atom stereocenters. The maximum Gasteiger partial charge on any atom is 0.435 e. The van der Waals surface area contributed by atoms with Gasteiger partial charge in [0.1, 0.15) is 0 Å². The van der Waals surface area contributed by atoms with E-state index in [0.29, 0.717) is 4.88 Å². The van der Waals surface area contributed by atoms with Gasteiger partial charge in [0.25, 0.3) is 5.91 Å².